The summed E-state index contributed by atoms with van der Waals surface area (Å²) in [6.45, 7) is 3.15. The van der Waals surface area contributed by atoms with Crippen LogP contribution in [0.3, 0.4) is 0 Å². The number of ketones is 2. The third-order valence-electron chi connectivity index (χ3n) is 8.08. The minimum atomic E-state index is -0.598. The van der Waals surface area contributed by atoms with Crippen molar-refractivity contribution < 1.29 is 23.5 Å². The molecule has 3 atom stereocenters. The molecule has 0 spiro atoms. The van der Waals surface area contributed by atoms with Gasteiger partial charge in [0.15, 0.2) is 11.6 Å². The average molecular weight is 552 g/mol. The van der Waals surface area contributed by atoms with Crippen molar-refractivity contribution >= 4 is 11.6 Å². The summed E-state index contributed by atoms with van der Waals surface area (Å²) < 4.78 is 25.8. The number of Topliss-reactive ketones (excluding diaryl/α,β-unsaturated/α-hetero) is 2. The molecule has 4 aromatic carbocycles. The van der Waals surface area contributed by atoms with Crippen LogP contribution in [0.1, 0.15) is 43.3 Å². The van der Waals surface area contributed by atoms with E-state index in [1.54, 1.807) is 75.7 Å². The summed E-state index contributed by atoms with van der Waals surface area (Å²) in [4.78, 5) is 30.9. The Labute approximate surface area is 240 Å². The number of ether oxygens (including phenoxy) is 2. The van der Waals surface area contributed by atoms with Gasteiger partial charge in [-0.05, 0) is 53.9 Å². The van der Waals surface area contributed by atoms with Crippen molar-refractivity contribution in [1.29, 1.82) is 0 Å². The van der Waals surface area contributed by atoms with Crippen LogP contribution in [0.25, 0.3) is 0 Å². The van der Waals surface area contributed by atoms with Gasteiger partial charge >= 0.3 is 0 Å². The molecule has 5 nitrogen and oxygen atoms in total. The van der Waals surface area contributed by atoms with Gasteiger partial charge in [0.1, 0.15) is 17.3 Å². The van der Waals surface area contributed by atoms with E-state index in [0.717, 1.165) is 5.56 Å². The molecule has 4 aromatic rings. The lowest BCUT2D eigenvalue weighted by Crippen LogP contribution is -2.50. The van der Waals surface area contributed by atoms with Crippen molar-refractivity contribution in [3.05, 3.63) is 131 Å². The number of hydrogen-bond acceptors (Lipinski definition) is 5. The highest BCUT2D eigenvalue weighted by Gasteiger charge is 2.45. The normalized spacial score (nSPS) is 19.0. The second-order valence-corrected chi connectivity index (χ2v) is 10.6. The lowest BCUT2D eigenvalue weighted by Gasteiger charge is -2.43. The Hall–Kier alpha value is -4.29. The summed E-state index contributed by atoms with van der Waals surface area (Å²) in [5.74, 6) is -1.12. The van der Waals surface area contributed by atoms with Crippen LogP contribution < -0.4 is 9.47 Å². The van der Waals surface area contributed by atoms with Gasteiger partial charge in [-0.2, -0.15) is 0 Å². The summed E-state index contributed by atoms with van der Waals surface area (Å²) >= 11 is 0. The second kappa shape index (κ2) is 12.5. The zero-order chi connectivity index (χ0) is 28.9. The quantitative estimate of drug-likeness (QED) is 0.216. The van der Waals surface area contributed by atoms with Crippen LogP contribution in [0.4, 0.5) is 4.39 Å². The van der Waals surface area contributed by atoms with Gasteiger partial charge < -0.3 is 9.47 Å². The Morgan fingerprint density at radius 1 is 0.756 bits per heavy atom. The predicted octanol–water partition coefficient (Wildman–Crippen LogP) is 6.75. The number of carbonyl (C=O) groups is 2. The molecule has 1 fully saturated rings. The van der Waals surface area contributed by atoms with E-state index in [4.69, 9.17) is 9.47 Å². The summed E-state index contributed by atoms with van der Waals surface area (Å²) in [5, 5.41) is 0. The van der Waals surface area contributed by atoms with E-state index in [0.29, 0.717) is 53.4 Å². The standard InChI is InChI=1S/C35H34FNO4/c1-23-29(16-9-17-32(23)36)33-30(34(38)25-12-7-14-27(18-25)40-2)21-37(20-24-10-5-4-6-11-24)22-31(33)35(39)26-13-8-15-28(19-26)41-3/h4-19,30-31,33H,20-22H2,1-3H3/t30-,31+,33+. The fourth-order valence-corrected chi connectivity index (χ4v) is 6.00. The van der Waals surface area contributed by atoms with Crippen LogP contribution in [0, 0.1) is 24.6 Å². The number of likely N-dealkylation sites (tertiary alicyclic amines) is 1. The highest BCUT2D eigenvalue weighted by Crippen LogP contribution is 2.43. The number of carbonyl (C=O) groups excluding carboxylic acids is 2. The first-order valence-electron chi connectivity index (χ1n) is 13.8. The number of nitrogens with zero attached hydrogens (tertiary/aromatic N) is 1. The van der Waals surface area contributed by atoms with E-state index < -0.39 is 17.8 Å². The number of halogens is 1. The molecule has 1 heterocycles. The number of hydrogen-bond donors (Lipinski definition) is 0. The van der Waals surface area contributed by atoms with Gasteiger partial charge in [-0.15, -0.1) is 0 Å². The van der Waals surface area contributed by atoms with Crippen LogP contribution >= 0.6 is 0 Å². The SMILES string of the molecule is COc1cccc(C(=O)[C@H]2CN(Cc3ccccc3)C[C@@H](C(=O)c3cccc(OC)c3)[C@@H]2c2cccc(F)c2C)c1. The summed E-state index contributed by atoms with van der Waals surface area (Å²) in [5.41, 5.74) is 3.24. The van der Waals surface area contributed by atoms with Gasteiger partial charge in [0, 0.05) is 48.5 Å². The summed E-state index contributed by atoms with van der Waals surface area (Å²) in [6.07, 6.45) is 0. The number of methoxy groups -OCH3 is 2. The monoisotopic (exact) mass is 551 g/mol. The molecule has 0 amide bonds. The third-order valence-corrected chi connectivity index (χ3v) is 8.08. The predicted molar refractivity (Wildman–Crippen MR) is 157 cm³/mol. The molecule has 0 aromatic heterocycles. The highest BCUT2D eigenvalue weighted by atomic mass is 19.1. The zero-order valence-corrected chi connectivity index (χ0v) is 23.5. The number of piperidine rings is 1. The van der Waals surface area contributed by atoms with E-state index in [9.17, 15) is 14.0 Å². The van der Waals surface area contributed by atoms with Crippen molar-refractivity contribution in [2.24, 2.45) is 11.8 Å². The molecule has 6 heteroatoms. The molecule has 0 bridgehead atoms. The van der Waals surface area contributed by atoms with Crippen molar-refractivity contribution in [2.45, 2.75) is 19.4 Å². The van der Waals surface area contributed by atoms with E-state index >= 15 is 0 Å². The van der Waals surface area contributed by atoms with E-state index in [1.165, 1.54) is 6.07 Å². The molecule has 0 N–H and O–H groups in total. The third kappa shape index (κ3) is 6.08. The first-order valence-corrected chi connectivity index (χ1v) is 13.8. The summed E-state index contributed by atoms with van der Waals surface area (Å²) in [6, 6.07) is 29.1. The molecule has 0 aliphatic carbocycles. The topological polar surface area (TPSA) is 55.8 Å². The lowest BCUT2D eigenvalue weighted by atomic mass is 9.67. The molecule has 210 valence electrons. The Balaban J connectivity index is 1.64. The first kappa shape index (κ1) is 28.2. The molecule has 41 heavy (non-hydrogen) atoms. The maximum Gasteiger partial charge on any atom is 0.167 e. The Kier molecular flexibility index (Phi) is 8.60. The zero-order valence-electron chi connectivity index (χ0n) is 23.5. The second-order valence-electron chi connectivity index (χ2n) is 10.6. The van der Waals surface area contributed by atoms with Crippen LogP contribution in [0.2, 0.25) is 0 Å². The van der Waals surface area contributed by atoms with Crippen LogP contribution in [-0.4, -0.2) is 43.8 Å². The van der Waals surface area contributed by atoms with Crippen molar-refractivity contribution in [1.82, 2.24) is 4.90 Å². The molecule has 0 unspecified atom stereocenters. The molecule has 0 saturated carbocycles. The number of benzene rings is 4. The van der Waals surface area contributed by atoms with Crippen LogP contribution in [0.15, 0.2) is 97.1 Å². The molecular weight excluding hydrogens is 517 g/mol. The van der Waals surface area contributed by atoms with Crippen LogP contribution in [-0.2, 0) is 6.54 Å². The van der Waals surface area contributed by atoms with Gasteiger partial charge in [-0.3, -0.25) is 14.5 Å². The lowest BCUT2D eigenvalue weighted by molar-refractivity contribution is 0.0553. The van der Waals surface area contributed by atoms with Crippen LogP contribution in [0.5, 0.6) is 11.5 Å². The molecular formula is C35H34FNO4. The maximum atomic E-state index is 15.0. The largest absolute Gasteiger partial charge is 0.497 e. The first-order chi connectivity index (χ1) is 19.9. The van der Waals surface area contributed by atoms with Gasteiger partial charge in [-0.1, -0.05) is 66.7 Å². The fraction of sp³-hybridized carbons (Fsp3) is 0.257. The van der Waals surface area contributed by atoms with Crippen molar-refractivity contribution in [3.63, 3.8) is 0 Å². The minimum Gasteiger partial charge on any atom is -0.497 e. The Morgan fingerprint density at radius 3 is 1.83 bits per heavy atom. The molecule has 0 radical (unpaired) electrons. The van der Waals surface area contributed by atoms with E-state index in [-0.39, 0.29) is 17.4 Å². The highest BCUT2D eigenvalue weighted by molar-refractivity contribution is 6.02. The van der Waals surface area contributed by atoms with Gasteiger partial charge in [0.05, 0.1) is 14.2 Å². The number of rotatable bonds is 9. The Bertz CT molecular complexity index is 1470. The van der Waals surface area contributed by atoms with Gasteiger partial charge in [0.25, 0.3) is 0 Å². The average Bonchev–Trinajstić information content (AvgIpc) is 3.02. The van der Waals surface area contributed by atoms with E-state index in [1.807, 2.05) is 36.4 Å². The smallest absolute Gasteiger partial charge is 0.167 e. The Morgan fingerprint density at radius 2 is 1.29 bits per heavy atom. The van der Waals surface area contributed by atoms with Crippen molar-refractivity contribution in [3.8, 4) is 11.5 Å². The van der Waals surface area contributed by atoms with Gasteiger partial charge in [0.2, 0.25) is 0 Å². The van der Waals surface area contributed by atoms with Crippen molar-refractivity contribution in [2.75, 3.05) is 27.3 Å². The van der Waals surface area contributed by atoms with Gasteiger partial charge in [-0.25, -0.2) is 4.39 Å². The minimum absolute atomic E-state index is 0.0984. The maximum absolute atomic E-state index is 15.0. The fourth-order valence-electron chi connectivity index (χ4n) is 6.00. The summed E-state index contributed by atoms with van der Waals surface area (Å²) in [7, 11) is 3.13. The van der Waals surface area contributed by atoms with E-state index in [2.05, 4.69) is 4.90 Å². The molecule has 1 saturated heterocycles. The molecule has 5 rings (SSSR count). The molecule has 1 aliphatic heterocycles. The molecule has 1 aliphatic rings.